The number of rotatable bonds is 5. The van der Waals surface area contributed by atoms with Crippen molar-refractivity contribution in [1.82, 2.24) is 10.2 Å². The van der Waals surface area contributed by atoms with Crippen LogP contribution in [0.15, 0.2) is 0 Å². The maximum atomic E-state index is 11.6. The van der Waals surface area contributed by atoms with E-state index in [1.54, 1.807) is 0 Å². The molecule has 1 aliphatic heterocycles. The summed E-state index contributed by atoms with van der Waals surface area (Å²) >= 11 is 0. The third-order valence-electron chi connectivity index (χ3n) is 3.02. The highest BCUT2D eigenvalue weighted by atomic mass is 16.1. The van der Waals surface area contributed by atoms with Crippen molar-refractivity contribution in [2.45, 2.75) is 61.3 Å². The zero-order valence-corrected chi connectivity index (χ0v) is 14.3. The average Bonchev–Trinajstić information content (AvgIpc) is 2.90. The van der Waals surface area contributed by atoms with Crippen molar-refractivity contribution in [1.29, 1.82) is 0 Å². The Morgan fingerprint density at radius 3 is 2.32 bits per heavy atom. The highest BCUT2D eigenvalue weighted by Gasteiger charge is 2.27. The molecule has 1 rings (SSSR count). The van der Waals surface area contributed by atoms with E-state index in [9.17, 15) is 4.79 Å². The lowest BCUT2D eigenvalue weighted by atomic mass is 10.1. The standard InChI is InChI=1S/C12H24N2O.2C2H6/c1-4-13-12(15)11-6-8-14(9-11)7-5-10(2)3;2*1-2/h10-11H,4-9H2,1-3H3,(H,13,15);2*1-2H3. The number of likely N-dealkylation sites (tertiary alicyclic amines) is 1. The molecule has 19 heavy (non-hydrogen) atoms. The lowest BCUT2D eigenvalue weighted by Gasteiger charge is -2.16. The van der Waals surface area contributed by atoms with Crippen molar-refractivity contribution < 1.29 is 4.79 Å². The van der Waals surface area contributed by atoms with Gasteiger partial charge in [0, 0.05) is 13.1 Å². The maximum absolute atomic E-state index is 11.6. The molecule has 3 nitrogen and oxygen atoms in total. The molecule has 0 bridgehead atoms. The molecule has 0 aliphatic carbocycles. The van der Waals surface area contributed by atoms with E-state index in [0.717, 1.165) is 38.5 Å². The molecule has 116 valence electrons. The van der Waals surface area contributed by atoms with Crippen LogP contribution in [0.1, 0.15) is 61.3 Å². The molecule has 1 N–H and O–H groups in total. The summed E-state index contributed by atoms with van der Waals surface area (Å²) in [5, 5.41) is 2.91. The Labute approximate surface area is 121 Å². The van der Waals surface area contributed by atoms with Gasteiger partial charge >= 0.3 is 0 Å². The van der Waals surface area contributed by atoms with Gasteiger partial charge in [-0.05, 0) is 38.8 Å². The topological polar surface area (TPSA) is 32.3 Å². The first-order valence-electron chi connectivity index (χ1n) is 8.13. The van der Waals surface area contributed by atoms with Gasteiger partial charge in [-0.15, -0.1) is 0 Å². The van der Waals surface area contributed by atoms with Crippen LogP contribution in [0.5, 0.6) is 0 Å². The summed E-state index contributed by atoms with van der Waals surface area (Å²) in [6, 6.07) is 0. The molecule has 1 saturated heterocycles. The number of amides is 1. The Kier molecular flexibility index (Phi) is 15.1. The molecule has 1 heterocycles. The first-order chi connectivity index (χ1) is 9.13. The van der Waals surface area contributed by atoms with Crippen molar-refractivity contribution in [3.63, 3.8) is 0 Å². The number of hydrogen-bond donors (Lipinski definition) is 1. The second-order valence-electron chi connectivity index (χ2n) is 4.86. The second kappa shape index (κ2) is 13.9. The van der Waals surface area contributed by atoms with Crippen LogP contribution in [0.4, 0.5) is 0 Å². The van der Waals surface area contributed by atoms with E-state index < -0.39 is 0 Å². The van der Waals surface area contributed by atoms with Gasteiger partial charge < -0.3 is 10.2 Å². The Hall–Kier alpha value is -0.570. The number of hydrogen-bond acceptors (Lipinski definition) is 2. The van der Waals surface area contributed by atoms with Gasteiger partial charge in [0.25, 0.3) is 0 Å². The molecule has 0 aromatic rings. The first-order valence-corrected chi connectivity index (χ1v) is 8.13. The van der Waals surface area contributed by atoms with E-state index >= 15 is 0 Å². The van der Waals surface area contributed by atoms with E-state index in [1.165, 1.54) is 6.42 Å². The summed E-state index contributed by atoms with van der Waals surface area (Å²) < 4.78 is 0. The van der Waals surface area contributed by atoms with Crippen molar-refractivity contribution in [3.05, 3.63) is 0 Å². The van der Waals surface area contributed by atoms with E-state index in [2.05, 4.69) is 24.1 Å². The third-order valence-corrected chi connectivity index (χ3v) is 3.02. The Balaban J connectivity index is 0. The molecule has 0 aromatic heterocycles. The molecule has 0 saturated carbocycles. The first kappa shape index (κ1) is 20.7. The van der Waals surface area contributed by atoms with Crippen LogP contribution < -0.4 is 5.32 Å². The lowest BCUT2D eigenvalue weighted by molar-refractivity contribution is -0.124. The smallest absolute Gasteiger partial charge is 0.224 e. The maximum Gasteiger partial charge on any atom is 0.224 e. The average molecular weight is 272 g/mol. The Morgan fingerprint density at radius 1 is 1.26 bits per heavy atom. The van der Waals surface area contributed by atoms with Gasteiger partial charge in [0.1, 0.15) is 0 Å². The Bertz CT molecular complexity index is 205. The SMILES string of the molecule is CC.CC.CCNC(=O)C1CCN(CCC(C)C)C1. The monoisotopic (exact) mass is 272 g/mol. The van der Waals surface area contributed by atoms with Gasteiger partial charge in [-0.25, -0.2) is 0 Å². The molecule has 1 aliphatic rings. The fourth-order valence-electron chi connectivity index (χ4n) is 2.01. The quantitative estimate of drug-likeness (QED) is 0.830. The molecule has 1 unspecified atom stereocenters. The van der Waals surface area contributed by atoms with Crippen molar-refractivity contribution >= 4 is 5.91 Å². The van der Waals surface area contributed by atoms with Crippen LogP contribution >= 0.6 is 0 Å². The zero-order valence-electron chi connectivity index (χ0n) is 14.3. The minimum atomic E-state index is 0.233. The van der Waals surface area contributed by atoms with Crippen LogP contribution in [-0.4, -0.2) is 37.0 Å². The van der Waals surface area contributed by atoms with Gasteiger partial charge in [-0.3, -0.25) is 4.79 Å². The van der Waals surface area contributed by atoms with Crippen molar-refractivity contribution in [2.75, 3.05) is 26.2 Å². The molecule has 0 spiro atoms. The van der Waals surface area contributed by atoms with E-state index in [4.69, 9.17) is 0 Å². The third kappa shape index (κ3) is 9.94. The molecule has 3 heteroatoms. The van der Waals surface area contributed by atoms with Gasteiger partial charge in [0.2, 0.25) is 5.91 Å². The van der Waals surface area contributed by atoms with E-state index in [0.29, 0.717) is 0 Å². The predicted octanol–water partition coefficient (Wildman–Crippen LogP) is 3.54. The van der Waals surface area contributed by atoms with Crippen LogP contribution in [0.2, 0.25) is 0 Å². The summed E-state index contributed by atoms with van der Waals surface area (Å²) in [6.07, 6.45) is 2.27. The van der Waals surface area contributed by atoms with Gasteiger partial charge in [-0.2, -0.15) is 0 Å². The molecule has 1 fully saturated rings. The van der Waals surface area contributed by atoms with Crippen LogP contribution in [0.25, 0.3) is 0 Å². The van der Waals surface area contributed by atoms with Gasteiger partial charge in [0.15, 0.2) is 0 Å². The molecule has 0 radical (unpaired) electrons. The Morgan fingerprint density at radius 2 is 1.84 bits per heavy atom. The summed E-state index contributed by atoms with van der Waals surface area (Å²) in [5.41, 5.74) is 0. The van der Waals surface area contributed by atoms with Gasteiger partial charge in [0.05, 0.1) is 5.92 Å². The minimum absolute atomic E-state index is 0.233. The van der Waals surface area contributed by atoms with Crippen molar-refractivity contribution in [3.8, 4) is 0 Å². The highest BCUT2D eigenvalue weighted by Crippen LogP contribution is 2.17. The summed E-state index contributed by atoms with van der Waals surface area (Å²) in [5.74, 6) is 1.23. The second-order valence-corrected chi connectivity index (χ2v) is 4.86. The number of carbonyl (C=O) groups is 1. The van der Waals surface area contributed by atoms with Crippen LogP contribution in [0.3, 0.4) is 0 Å². The molecular weight excluding hydrogens is 236 g/mol. The minimum Gasteiger partial charge on any atom is -0.356 e. The van der Waals surface area contributed by atoms with Crippen molar-refractivity contribution in [2.24, 2.45) is 11.8 Å². The number of nitrogens with one attached hydrogen (secondary N) is 1. The highest BCUT2D eigenvalue weighted by molar-refractivity contribution is 5.79. The molecule has 0 aromatic carbocycles. The number of carbonyl (C=O) groups excluding carboxylic acids is 1. The van der Waals surface area contributed by atoms with Crippen LogP contribution in [-0.2, 0) is 4.79 Å². The molecular formula is C16H36N2O. The summed E-state index contributed by atoms with van der Waals surface area (Å²) in [4.78, 5) is 14.0. The van der Waals surface area contributed by atoms with E-state index in [1.807, 2.05) is 34.6 Å². The zero-order chi connectivity index (χ0) is 15.3. The lowest BCUT2D eigenvalue weighted by Crippen LogP contribution is -2.32. The molecule has 1 atom stereocenters. The molecule has 1 amide bonds. The van der Waals surface area contributed by atoms with E-state index in [-0.39, 0.29) is 11.8 Å². The van der Waals surface area contributed by atoms with Crippen LogP contribution in [0, 0.1) is 11.8 Å². The summed E-state index contributed by atoms with van der Waals surface area (Å²) in [7, 11) is 0. The fourth-order valence-corrected chi connectivity index (χ4v) is 2.01. The van der Waals surface area contributed by atoms with Gasteiger partial charge in [-0.1, -0.05) is 41.5 Å². The normalized spacial score (nSPS) is 18.2. The summed E-state index contributed by atoms with van der Waals surface area (Å²) in [6.45, 7) is 18.4. The fraction of sp³-hybridized carbons (Fsp3) is 0.938. The largest absolute Gasteiger partial charge is 0.356 e. The number of nitrogens with zero attached hydrogens (tertiary/aromatic N) is 1. The predicted molar refractivity (Wildman–Crippen MR) is 85.4 cm³/mol.